The first-order valence-electron chi connectivity index (χ1n) is 11.4. The fourth-order valence-electron chi connectivity index (χ4n) is 4.80. The Labute approximate surface area is 195 Å². The standard InChI is InChI=1S/C25H26FN5O3/c1-14-21(15(2)34-30-14)19-12-28-23-22(29-19)18(10-16-6-8-25(3,26)9-7-16)13-31(23)20-5-4-17(11-27-20)24(32)33/h4-5,11-13,16H,6-10H2,1-3H3,(H,32,33). The predicted molar refractivity (Wildman–Crippen MR) is 124 cm³/mol. The van der Waals surface area contributed by atoms with Crippen LogP contribution >= 0.6 is 0 Å². The number of carboxylic acid groups (broad SMARTS) is 1. The molecule has 1 N–H and O–H groups in total. The van der Waals surface area contributed by atoms with E-state index in [1.54, 1.807) is 19.2 Å². The van der Waals surface area contributed by atoms with Crippen molar-refractivity contribution in [2.24, 2.45) is 5.92 Å². The number of halogens is 1. The van der Waals surface area contributed by atoms with Crippen molar-refractivity contribution in [3.8, 4) is 17.1 Å². The molecule has 1 saturated carbocycles. The third-order valence-corrected chi connectivity index (χ3v) is 6.76. The number of aromatic carboxylic acids is 1. The topological polar surface area (TPSA) is 107 Å². The molecule has 0 saturated heterocycles. The van der Waals surface area contributed by atoms with Crippen LogP contribution in [0.2, 0.25) is 0 Å². The zero-order valence-electron chi connectivity index (χ0n) is 19.4. The molecule has 34 heavy (non-hydrogen) atoms. The Kier molecular flexibility index (Phi) is 5.42. The van der Waals surface area contributed by atoms with Crippen LogP contribution in [0.25, 0.3) is 28.2 Å². The molecule has 4 aromatic heterocycles. The van der Waals surface area contributed by atoms with E-state index >= 15 is 0 Å². The van der Waals surface area contributed by atoms with E-state index in [4.69, 9.17) is 14.5 Å². The average Bonchev–Trinajstić information content (AvgIpc) is 3.34. The molecule has 0 radical (unpaired) electrons. The van der Waals surface area contributed by atoms with Gasteiger partial charge in [-0.25, -0.2) is 24.1 Å². The van der Waals surface area contributed by atoms with Gasteiger partial charge in [-0.3, -0.25) is 4.57 Å². The summed E-state index contributed by atoms with van der Waals surface area (Å²) in [7, 11) is 0. The van der Waals surface area contributed by atoms with Gasteiger partial charge < -0.3 is 9.63 Å². The lowest BCUT2D eigenvalue weighted by Crippen LogP contribution is -2.26. The van der Waals surface area contributed by atoms with Gasteiger partial charge in [0.05, 0.1) is 28.7 Å². The molecule has 0 amide bonds. The second-order valence-electron chi connectivity index (χ2n) is 9.42. The van der Waals surface area contributed by atoms with Gasteiger partial charge >= 0.3 is 5.97 Å². The number of pyridine rings is 1. The van der Waals surface area contributed by atoms with E-state index in [1.807, 2.05) is 24.6 Å². The lowest BCUT2D eigenvalue weighted by molar-refractivity contribution is 0.0696. The van der Waals surface area contributed by atoms with Gasteiger partial charge in [0.2, 0.25) is 0 Å². The summed E-state index contributed by atoms with van der Waals surface area (Å²) in [5.41, 5.74) is 3.66. The van der Waals surface area contributed by atoms with Crippen LogP contribution in [0.5, 0.6) is 0 Å². The molecule has 0 atom stereocenters. The summed E-state index contributed by atoms with van der Waals surface area (Å²) >= 11 is 0. The second-order valence-corrected chi connectivity index (χ2v) is 9.42. The van der Waals surface area contributed by atoms with Crippen LogP contribution in [0.15, 0.2) is 35.2 Å². The molecule has 0 aromatic carbocycles. The van der Waals surface area contributed by atoms with Crippen LogP contribution in [0.3, 0.4) is 0 Å². The minimum Gasteiger partial charge on any atom is -0.478 e. The van der Waals surface area contributed by atoms with Gasteiger partial charge in [-0.2, -0.15) is 0 Å². The van der Waals surface area contributed by atoms with Crippen molar-refractivity contribution in [1.82, 2.24) is 24.7 Å². The van der Waals surface area contributed by atoms with Crippen molar-refractivity contribution < 1.29 is 18.8 Å². The summed E-state index contributed by atoms with van der Waals surface area (Å²) in [6.07, 6.45) is 8.51. The number of hydrogen-bond acceptors (Lipinski definition) is 6. The maximum Gasteiger partial charge on any atom is 0.337 e. The van der Waals surface area contributed by atoms with Crippen LogP contribution in [-0.2, 0) is 6.42 Å². The lowest BCUT2D eigenvalue weighted by Gasteiger charge is -2.30. The number of nitrogens with zero attached hydrogens (tertiary/aromatic N) is 5. The lowest BCUT2D eigenvalue weighted by atomic mass is 9.78. The number of fused-ring (bicyclic) bond motifs is 1. The van der Waals surface area contributed by atoms with Gasteiger partial charge in [0.25, 0.3) is 0 Å². The molecule has 1 aliphatic carbocycles. The van der Waals surface area contributed by atoms with E-state index in [9.17, 15) is 14.3 Å². The van der Waals surface area contributed by atoms with Crippen molar-refractivity contribution in [1.29, 1.82) is 0 Å². The largest absolute Gasteiger partial charge is 0.478 e. The Morgan fingerprint density at radius 2 is 2.00 bits per heavy atom. The smallest absolute Gasteiger partial charge is 0.337 e. The van der Waals surface area contributed by atoms with Gasteiger partial charge in [-0.15, -0.1) is 0 Å². The molecule has 1 fully saturated rings. The van der Waals surface area contributed by atoms with E-state index in [-0.39, 0.29) is 5.56 Å². The van der Waals surface area contributed by atoms with Gasteiger partial charge in [0.1, 0.15) is 22.8 Å². The molecule has 0 spiro atoms. The second kappa shape index (κ2) is 8.30. The van der Waals surface area contributed by atoms with Gasteiger partial charge in [0.15, 0.2) is 5.65 Å². The molecule has 0 unspecified atom stereocenters. The summed E-state index contributed by atoms with van der Waals surface area (Å²) in [5.74, 6) is 0.557. The van der Waals surface area contributed by atoms with Gasteiger partial charge in [-0.1, -0.05) is 5.16 Å². The van der Waals surface area contributed by atoms with Crippen molar-refractivity contribution in [3.63, 3.8) is 0 Å². The monoisotopic (exact) mass is 463 g/mol. The Bertz CT molecular complexity index is 1340. The molecule has 4 aromatic rings. The van der Waals surface area contributed by atoms with Gasteiger partial charge in [0, 0.05) is 12.4 Å². The third kappa shape index (κ3) is 4.06. The highest BCUT2D eigenvalue weighted by Gasteiger charge is 2.31. The SMILES string of the molecule is Cc1noc(C)c1-c1cnc2c(n1)c(CC1CCC(C)(F)CC1)cn2-c1ccc(C(=O)O)cn1. The number of carboxylic acids is 1. The summed E-state index contributed by atoms with van der Waals surface area (Å²) in [5, 5.41) is 13.2. The summed E-state index contributed by atoms with van der Waals surface area (Å²) in [6, 6.07) is 3.18. The zero-order chi connectivity index (χ0) is 24.0. The van der Waals surface area contributed by atoms with E-state index in [1.165, 1.54) is 12.3 Å². The van der Waals surface area contributed by atoms with Crippen molar-refractivity contribution in [2.75, 3.05) is 0 Å². The molecule has 5 rings (SSSR count). The summed E-state index contributed by atoms with van der Waals surface area (Å²) in [4.78, 5) is 25.2. The normalized spacial score (nSPS) is 20.6. The summed E-state index contributed by atoms with van der Waals surface area (Å²) in [6.45, 7) is 5.40. The fraction of sp³-hybridized carbons (Fsp3) is 0.400. The quantitative estimate of drug-likeness (QED) is 0.431. The van der Waals surface area contributed by atoms with Crippen molar-refractivity contribution >= 4 is 17.1 Å². The molecular formula is C25H26FN5O3. The van der Waals surface area contributed by atoms with E-state index in [0.717, 1.165) is 41.6 Å². The van der Waals surface area contributed by atoms with Gasteiger partial charge in [-0.05, 0) is 76.5 Å². The van der Waals surface area contributed by atoms with E-state index in [0.29, 0.717) is 41.7 Å². The molecule has 4 heterocycles. The highest BCUT2D eigenvalue weighted by Crippen LogP contribution is 2.37. The highest BCUT2D eigenvalue weighted by atomic mass is 19.1. The van der Waals surface area contributed by atoms with Crippen molar-refractivity contribution in [2.45, 2.75) is 58.5 Å². The Morgan fingerprint density at radius 1 is 1.24 bits per heavy atom. The average molecular weight is 464 g/mol. The van der Waals surface area contributed by atoms with Crippen LogP contribution in [0.1, 0.15) is 60.0 Å². The minimum atomic E-state index is -1.09. The molecule has 1 aliphatic rings. The first-order chi connectivity index (χ1) is 16.2. The van der Waals surface area contributed by atoms with Crippen LogP contribution in [0, 0.1) is 19.8 Å². The Balaban J connectivity index is 1.59. The molecule has 9 heteroatoms. The number of aryl methyl sites for hydroxylation is 2. The highest BCUT2D eigenvalue weighted by molar-refractivity contribution is 5.87. The maximum absolute atomic E-state index is 14.3. The van der Waals surface area contributed by atoms with Crippen LogP contribution < -0.4 is 0 Å². The summed E-state index contributed by atoms with van der Waals surface area (Å²) < 4.78 is 21.5. The molecule has 0 bridgehead atoms. The molecule has 0 aliphatic heterocycles. The first kappa shape index (κ1) is 22.2. The number of hydrogen-bond donors (Lipinski definition) is 1. The molecule has 8 nitrogen and oxygen atoms in total. The Morgan fingerprint density at radius 3 is 2.62 bits per heavy atom. The Hall–Kier alpha value is -3.62. The number of alkyl halides is 1. The fourth-order valence-corrected chi connectivity index (χ4v) is 4.80. The number of rotatable bonds is 5. The zero-order valence-corrected chi connectivity index (χ0v) is 19.4. The number of aromatic nitrogens is 5. The van der Waals surface area contributed by atoms with Crippen LogP contribution in [0.4, 0.5) is 4.39 Å². The maximum atomic E-state index is 14.3. The van der Waals surface area contributed by atoms with E-state index < -0.39 is 11.6 Å². The minimum absolute atomic E-state index is 0.115. The van der Waals surface area contributed by atoms with Crippen molar-refractivity contribution in [3.05, 3.63) is 53.3 Å². The first-order valence-corrected chi connectivity index (χ1v) is 11.4. The predicted octanol–water partition coefficient (Wildman–Crippen LogP) is 5.25. The number of carbonyl (C=O) groups is 1. The molecular weight excluding hydrogens is 437 g/mol. The van der Waals surface area contributed by atoms with Crippen LogP contribution in [-0.4, -0.2) is 41.4 Å². The third-order valence-electron chi connectivity index (χ3n) is 6.76. The van der Waals surface area contributed by atoms with E-state index in [2.05, 4.69) is 10.1 Å². The molecule has 176 valence electrons.